The van der Waals surface area contributed by atoms with E-state index in [0.717, 1.165) is 22.4 Å². The molecule has 0 spiro atoms. The quantitative estimate of drug-likeness (QED) is 0.697. The summed E-state index contributed by atoms with van der Waals surface area (Å²) in [5, 5.41) is 5.64. The molecule has 1 heterocycles. The Morgan fingerprint density at radius 1 is 0.969 bits per heavy atom. The number of carbonyl (C=O) groups is 2. The minimum Gasteiger partial charge on any atom is -0.344 e. The van der Waals surface area contributed by atoms with Gasteiger partial charge in [-0.25, -0.2) is 8.42 Å². The number of benzene rings is 2. The molecule has 2 aromatic rings. The molecule has 1 aliphatic heterocycles. The highest BCUT2D eigenvalue weighted by Crippen LogP contribution is 2.24. The first-order chi connectivity index (χ1) is 15.1. The molecular weight excluding hydrogens is 426 g/mol. The van der Waals surface area contributed by atoms with Crippen molar-refractivity contribution in [2.75, 3.05) is 18.4 Å². The van der Waals surface area contributed by atoms with Crippen LogP contribution in [0.25, 0.3) is 0 Å². The van der Waals surface area contributed by atoms with E-state index in [1.807, 2.05) is 39.0 Å². The van der Waals surface area contributed by atoms with Crippen molar-refractivity contribution in [2.45, 2.75) is 51.5 Å². The van der Waals surface area contributed by atoms with Crippen LogP contribution in [-0.2, 0) is 19.6 Å². The summed E-state index contributed by atoms with van der Waals surface area (Å²) in [5.74, 6) is -0.831. The highest BCUT2D eigenvalue weighted by Gasteiger charge is 2.33. The summed E-state index contributed by atoms with van der Waals surface area (Å²) in [6, 6.07) is 11.9. The van der Waals surface area contributed by atoms with Gasteiger partial charge in [-0.15, -0.1) is 0 Å². The first-order valence-corrected chi connectivity index (χ1v) is 12.3. The summed E-state index contributed by atoms with van der Waals surface area (Å²) < 4.78 is 27.1. The molecule has 0 unspecified atom stereocenters. The number of hydrogen-bond donors (Lipinski definition) is 2. The lowest BCUT2D eigenvalue weighted by Gasteiger charge is -2.31. The van der Waals surface area contributed by atoms with Crippen molar-refractivity contribution in [1.29, 1.82) is 0 Å². The Bertz CT molecular complexity index is 1090. The van der Waals surface area contributed by atoms with Crippen molar-refractivity contribution in [1.82, 2.24) is 9.62 Å². The van der Waals surface area contributed by atoms with Crippen molar-refractivity contribution >= 4 is 27.5 Å². The van der Waals surface area contributed by atoms with Crippen LogP contribution in [-0.4, -0.2) is 43.7 Å². The molecule has 172 valence electrons. The standard InChI is InChI=1S/C24H31N3O4S/c1-16-6-9-21(10-7-16)32(30,31)27-13-11-20(12-14-27)24(29)25-19(4)23(28)26-22-15-17(2)5-8-18(22)3/h5-10,15,19-20H,11-14H2,1-4H3,(H,25,29)(H,26,28)/t19-/m0/s1. The molecule has 0 aliphatic carbocycles. The number of carbonyl (C=O) groups excluding carboxylic acids is 2. The summed E-state index contributed by atoms with van der Waals surface area (Å²) in [6.07, 6.45) is 0.838. The Morgan fingerprint density at radius 2 is 1.56 bits per heavy atom. The number of aryl methyl sites for hydroxylation is 3. The monoisotopic (exact) mass is 457 g/mol. The molecule has 2 aromatic carbocycles. The molecule has 0 bridgehead atoms. The topological polar surface area (TPSA) is 95.6 Å². The van der Waals surface area contributed by atoms with E-state index in [0.29, 0.717) is 12.8 Å². The fraction of sp³-hybridized carbons (Fsp3) is 0.417. The van der Waals surface area contributed by atoms with Gasteiger partial charge < -0.3 is 10.6 Å². The summed E-state index contributed by atoms with van der Waals surface area (Å²) in [6.45, 7) is 7.97. The van der Waals surface area contributed by atoms with E-state index >= 15 is 0 Å². The van der Waals surface area contributed by atoms with E-state index in [9.17, 15) is 18.0 Å². The summed E-state index contributed by atoms with van der Waals surface area (Å²) in [5.41, 5.74) is 3.71. The molecule has 8 heteroatoms. The zero-order chi connectivity index (χ0) is 23.5. The zero-order valence-corrected chi connectivity index (χ0v) is 19.8. The molecule has 1 saturated heterocycles. The molecule has 1 aliphatic rings. The molecule has 1 fully saturated rings. The third kappa shape index (κ3) is 5.55. The summed E-state index contributed by atoms with van der Waals surface area (Å²) >= 11 is 0. The SMILES string of the molecule is Cc1ccc(S(=O)(=O)N2CCC(C(=O)N[C@@H](C)C(=O)Nc3cc(C)ccc3C)CC2)cc1. The molecule has 0 aromatic heterocycles. The van der Waals surface area contributed by atoms with Gasteiger partial charge in [0.25, 0.3) is 0 Å². The Balaban J connectivity index is 1.54. The second-order valence-corrected chi connectivity index (χ2v) is 10.5. The predicted molar refractivity (Wildman–Crippen MR) is 125 cm³/mol. The van der Waals surface area contributed by atoms with Gasteiger partial charge in [0.15, 0.2) is 0 Å². The van der Waals surface area contributed by atoms with Crippen LogP contribution >= 0.6 is 0 Å². The maximum atomic E-state index is 12.8. The van der Waals surface area contributed by atoms with Crippen LogP contribution in [0.4, 0.5) is 5.69 Å². The molecule has 0 radical (unpaired) electrons. The molecule has 0 saturated carbocycles. The zero-order valence-electron chi connectivity index (χ0n) is 19.0. The van der Waals surface area contributed by atoms with Crippen LogP contribution in [0.15, 0.2) is 47.4 Å². The number of hydrogen-bond acceptors (Lipinski definition) is 4. The molecule has 2 N–H and O–H groups in total. The average Bonchev–Trinajstić information content (AvgIpc) is 2.76. The molecule has 32 heavy (non-hydrogen) atoms. The number of sulfonamides is 1. The third-order valence-corrected chi connectivity index (χ3v) is 7.80. The van der Waals surface area contributed by atoms with Crippen LogP contribution in [0.1, 0.15) is 36.5 Å². The number of nitrogens with one attached hydrogen (secondary N) is 2. The van der Waals surface area contributed by atoms with Crippen molar-refractivity contribution < 1.29 is 18.0 Å². The smallest absolute Gasteiger partial charge is 0.246 e. The summed E-state index contributed by atoms with van der Waals surface area (Å²) in [4.78, 5) is 25.5. The van der Waals surface area contributed by atoms with Crippen molar-refractivity contribution in [2.24, 2.45) is 5.92 Å². The predicted octanol–water partition coefficient (Wildman–Crippen LogP) is 3.16. The molecular formula is C24H31N3O4S. The maximum absolute atomic E-state index is 12.8. The van der Waals surface area contributed by atoms with Gasteiger partial charge in [-0.3, -0.25) is 9.59 Å². The Hall–Kier alpha value is -2.71. The van der Waals surface area contributed by atoms with Gasteiger partial charge in [0.2, 0.25) is 21.8 Å². The lowest BCUT2D eigenvalue weighted by Crippen LogP contribution is -2.47. The van der Waals surface area contributed by atoms with Gasteiger partial charge in [-0.2, -0.15) is 4.31 Å². The number of anilines is 1. The molecule has 7 nitrogen and oxygen atoms in total. The minimum atomic E-state index is -3.57. The van der Waals surface area contributed by atoms with E-state index in [-0.39, 0.29) is 35.7 Å². The number of nitrogens with zero attached hydrogens (tertiary/aromatic N) is 1. The Morgan fingerprint density at radius 3 is 2.19 bits per heavy atom. The fourth-order valence-electron chi connectivity index (χ4n) is 3.73. The maximum Gasteiger partial charge on any atom is 0.246 e. The largest absolute Gasteiger partial charge is 0.344 e. The number of piperidine rings is 1. The molecule has 2 amide bonds. The van der Waals surface area contributed by atoms with Crippen LogP contribution in [0.3, 0.4) is 0 Å². The molecule has 1 atom stereocenters. The molecule has 3 rings (SSSR count). The fourth-order valence-corrected chi connectivity index (χ4v) is 5.20. The number of amides is 2. The average molecular weight is 458 g/mol. The minimum absolute atomic E-state index is 0.221. The summed E-state index contributed by atoms with van der Waals surface area (Å²) in [7, 11) is -3.57. The second kappa shape index (κ2) is 9.83. The van der Waals surface area contributed by atoms with Crippen LogP contribution < -0.4 is 10.6 Å². The van der Waals surface area contributed by atoms with Gasteiger partial charge in [-0.1, -0.05) is 29.8 Å². The second-order valence-electron chi connectivity index (χ2n) is 8.53. The van der Waals surface area contributed by atoms with E-state index in [1.165, 1.54) is 4.31 Å². The third-order valence-electron chi connectivity index (χ3n) is 5.89. The highest BCUT2D eigenvalue weighted by molar-refractivity contribution is 7.89. The van der Waals surface area contributed by atoms with Crippen LogP contribution in [0, 0.1) is 26.7 Å². The Labute approximate surface area is 190 Å². The first-order valence-electron chi connectivity index (χ1n) is 10.8. The lowest BCUT2D eigenvalue weighted by molar-refractivity contribution is -0.129. The van der Waals surface area contributed by atoms with E-state index in [2.05, 4.69) is 10.6 Å². The normalized spacial score (nSPS) is 16.4. The first kappa shape index (κ1) is 23.9. The van der Waals surface area contributed by atoms with Gasteiger partial charge in [0.1, 0.15) is 6.04 Å². The lowest BCUT2D eigenvalue weighted by atomic mass is 9.97. The van der Waals surface area contributed by atoms with Crippen LogP contribution in [0.5, 0.6) is 0 Å². The van der Waals surface area contributed by atoms with Gasteiger partial charge in [0.05, 0.1) is 4.90 Å². The van der Waals surface area contributed by atoms with Crippen molar-refractivity contribution in [3.8, 4) is 0 Å². The van der Waals surface area contributed by atoms with Gasteiger partial charge >= 0.3 is 0 Å². The van der Waals surface area contributed by atoms with E-state index < -0.39 is 16.1 Å². The van der Waals surface area contributed by atoms with E-state index in [4.69, 9.17) is 0 Å². The highest BCUT2D eigenvalue weighted by atomic mass is 32.2. The van der Waals surface area contributed by atoms with Gasteiger partial charge in [0, 0.05) is 24.7 Å². The van der Waals surface area contributed by atoms with Gasteiger partial charge in [-0.05, 0) is 69.9 Å². The Kier molecular flexibility index (Phi) is 7.36. The van der Waals surface area contributed by atoms with Crippen molar-refractivity contribution in [3.63, 3.8) is 0 Å². The van der Waals surface area contributed by atoms with E-state index in [1.54, 1.807) is 31.2 Å². The van der Waals surface area contributed by atoms with Crippen LogP contribution in [0.2, 0.25) is 0 Å². The number of rotatable bonds is 6. The van der Waals surface area contributed by atoms with Crippen molar-refractivity contribution in [3.05, 3.63) is 59.2 Å².